The van der Waals surface area contributed by atoms with E-state index < -0.39 is 10.0 Å². The van der Waals surface area contributed by atoms with E-state index in [-0.39, 0.29) is 16.6 Å². The first-order chi connectivity index (χ1) is 9.09. The Balaban J connectivity index is 2.36. The van der Waals surface area contributed by atoms with Crippen molar-refractivity contribution in [2.45, 2.75) is 38.4 Å². The predicted octanol–water partition coefficient (Wildman–Crippen LogP) is 1.31. The van der Waals surface area contributed by atoms with E-state index in [4.69, 9.17) is 0 Å². The van der Waals surface area contributed by atoms with E-state index in [0.717, 1.165) is 18.6 Å². The van der Waals surface area contributed by atoms with Crippen LogP contribution < -0.4 is 5.32 Å². The lowest BCUT2D eigenvalue weighted by atomic mass is 9.99. The third-order valence-electron chi connectivity index (χ3n) is 3.16. The third-order valence-corrected chi connectivity index (χ3v) is 5.70. The highest BCUT2D eigenvalue weighted by molar-refractivity contribution is 8.00. The van der Waals surface area contributed by atoms with Crippen LogP contribution in [0.2, 0.25) is 0 Å². The average molecular weight is 322 g/mol. The van der Waals surface area contributed by atoms with Gasteiger partial charge < -0.3 is 5.32 Å². The van der Waals surface area contributed by atoms with Crippen LogP contribution >= 0.6 is 11.8 Å². The van der Waals surface area contributed by atoms with E-state index in [1.54, 1.807) is 11.8 Å². The van der Waals surface area contributed by atoms with E-state index in [9.17, 15) is 13.2 Å². The minimum Gasteiger partial charge on any atom is -0.355 e. The number of hydrogen-bond donors (Lipinski definition) is 1. The second kappa shape index (κ2) is 7.13. The van der Waals surface area contributed by atoms with Crippen molar-refractivity contribution < 1.29 is 13.2 Å². The number of thioether (sulfide) groups is 1. The van der Waals surface area contributed by atoms with Crippen molar-refractivity contribution in [3.63, 3.8) is 0 Å². The molecule has 1 atom stereocenters. The first-order valence-electron chi connectivity index (χ1n) is 6.96. The summed E-state index contributed by atoms with van der Waals surface area (Å²) in [5.41, 5.74) is 0. The Morgan fingerprint density at radius 3 is 2.60 bits per heavy atom. The van der Waals surface area contributed by atoms with E-state index in [0.29, 0.717) is 19.6 Å². The summed E-state index contributed by atoms with van der Waals surface area (Å²) < 4.78 is 24.6. The molecular formula is C13H26N2O3S2. The van der Waals surface area contributed by atoms with Crippen molar-refractivity contribution in [2.75, 3.05) is 31.6 Å². The van der Waals surface area contributed by atoms with Gasteiger partial charge in [-0.05, 0) is 12.8 Å². The van der Waals surface area contributed by atoms with Crippen LogP contribution in [0.4, 0.5) is 0 Å². The zero-order chi connectivity index (χ0) is 15.4. The molecule has 0 saturated carbocycles. The van der Waals surface area contributed by atoms with E-state index >= 15 is 0 Å². The Labute approximate surface area is 126 Å². The monoisotopic (exact) mass is 322 g/mol. The van der Waals surface area contributed by atoms with Crippen LogP contribution in [0.15, 0.2) is 0 Å². The van der Waals surface area contributed by atoms with E-state index in [1.165, 1.54) is 10.6 Å². The van der Waals surface area contributed by atoms with Gasteiger partial charge in [-0.3, -0.25) is 4.79 Å². The standard InChI is InChI=1S/C13H26N2O3S2/c1-13(2,3)19-9-7-14-12(16)11-6-5-8-15(10-11)20(4,17)18/h11H,5-10H2,1-4H3,(H,14,16). The van der Waals surface area contributed by atoms with Crippen LogP contribution in [-0.2, 0) is 14.8 Å². The second-order valence-corrected chi connectivity index (χ2v) is 10.1. The van der Waals surface area contributed by atoms with Gasteiger partial charge >= 0.3 is 0 Å². The van der Waals surface area contributed by atoms with Gasteiger partial charge in [0.25, 0.3) is 0 Å². The number of sulfonamides is 1. The van der Waals surface area contributed by atoms with Gasteiger partial charge in [-0.1, -0.05) is 20.8 Å². The smallest absolute Gasteiger partial charge is 0.224 e. The van der Waals surface area contributed by atoms with E-state index in [1.807, 2.05) is 0 Å². The number of carbonyl (C=O) groups is 1. The van der Waals surface area contributed by atoms with Gasteiger partial charge in [0.15, 0.2) is 0 Å². The van der Waals surface area contributed by atoms with Crippen molar-refractivity contribution in [3.8, 4) is 0 Å². The highest BCUT2D eigenvalue weighted by Crippen LogP contribution is 2.22. The van der Waals surface area contributed by atoms with Crippen LogP contribution in [0.1, 0.15) is 33.6 Å². The number of carbonyl (C=O) groups excluding carboxylic acids is 1. The highest BCUT2D eigenvalue weighted by Gasteiger charge is 2.29. The molecule has 1 unspecified atom stereocenters. The van der Waals surface area contributed by atoms with Gasteiger partial charge in [0, 0.05) is 30.1 Å². The fourth-order valence-electron chi connectivity index (χ4n) is 2.13. The molecule has 0 bridgehead atoms. The lowest BCUT2D eigenvalue weighted by molar-refractivity contribution is -0.125. The molecule has 0 aliphatic carbocycles. The minimum atomic E-state index is -3.19. The Hall–Kier alpha value is -0.270. The molecule has 1 amide bonds. The molecule has 1 aliphatic heterocycles. The number of piperidine rings is 1. The number of amides is 1. The summed E-state index contributed by atoms with van der Waals surface area (Å²) in [5.74, 6) is 0.642. The first kappa shape index (κ1) is 17.8. The number of nitrogens with one attached hydrogen (secondary N) is 1. The maximum Gasteiger partial charge on any atom is 0.224 e. The largest absolute Gasteiger partial charge is 0.355 e. The molecule has 20 heavy (non-hydrogen) atoms. The van der Waals surface area contributed by atoms with Crippen LogP contribution in [-0.4, -0.2) is 55.0 Å². The molecule has 7 heteroatoms. The molecule has 1 fully saturated rings. The molecule has 1 rings (SSSR count). The van der Waals surface area contributed by atoms with Gasteiger partial charge in [-0.25, -0.2) is 12.7 Å². The van der Waals surface area contributed by atoms with Gasteiger partial charge in [-0.2, -0.15) is 11.8 Å². The summed E-state index contributed by atoms with van der Waals surface area (Å²) in [6, 6.07) is 0. The lowest BCUT2D eigenvalue weighted by Gasteiger charge is -2.30. The molecule has 0 radical (unpaired) electrons. The fourth-order valence-corrected chi connectivity index (χ4v) is 3.86. The van der Waals surface area contributed by atoms with Gasteiger partial charge in [0.05, 0.1) is 12.2 Å². The second-order valence-electron chi connectivity index (χ2n) is 6.21. The summed E-state index contributed by atoms with van der Waals surface area (Å²) in [4.78, 5) is 12.1. The van der Waals surface area contributed by atoms with Crippen molar-refractivity contribution in [3.05, 3.63) is 0 Å². The van der Waals surface area contributed by atoms with Crippen LogP contribution in [0.5, 0.6) is 0 Å². The Morgan fingerprint density at radius 2 is 2.05 bits per heavy atom. The summed E-state index contributed by atoms with van der Waals surface area (Å²) >= 11 is 1.81. The SMILES string of the molecule is CC(C)(C)SCCNC(=O)C1CCCN(S(C)(=O)=O)C1. The minimum absolute atomic E-state index is 0.0205. The maximum absolute atomic E-state index is 12.1. The van der Waals surface area contributed by atoms with Crippen molar-refractivity contribution in [1.82, 2.24) is 9.62 Å². The number of rotatable bonds is 5. The van der Waals surface area contributed by atoms with E-state index in [2.05, 4.69) is 26.1 Å². The van der Waals surface area contributed by atoms with Gasteiger partial charge in [0.1, 0.15) is 0 Å². The molecule has 0 aromatic rings. The predicted molar refractivity (Wildman–Crippen MR) is 84.4 cm³/mol. The third kappa shape index (κ3) is 6.45. The molecule has 118 valence electrons. The highest BCUT2D eigenvalue weighted by atomic mass is 32.2. The average Bonchev–Trinajstić information content (AvgIpc) is 2.32. The number of nitrogens with zero attached hydrogens (tertiary/aromatic N) is 1. The fraction of sp³-hybridized carbons (Fsp3) is 0.923. The molecule has 1 saturated heterocycles. The van der Waals surface area contributed by atoms with Gasteiger partial charge in [-0.15, -0.1) is 0 Å². The summed E-state index contributed by atoms with van der Waals surface area (Å²) in [7, 11) is -3.19. The Morgan fingerprint density at radius 1 is 1.40 bits per heavy atom. The Kier molecular flexibility index (Phi) is 6.34. The molecular weight excluding hydrogens is 296 g/mol. The molecule has 0 aromatic carbocycles. The zero-order valence-corrected chi connectivity index (χ0v) is 14.4. The van der Waals surface area contributed by atoms with Crippen LogP contribution in [0.3, 0.4) is 0 Å². The normalized spacial score (nSPS) is 21.7. The number of hydrogen-bond acceptors (Lipinski definition) is 4. The molecule has 5 nitrogen and oxygen atoms in total. The summed E-state index contributed by atoms with van der Waals surface area (Å²) in [5, 5.41) is 2.92. The van der Waals surface area contributed by atoms with Gasteiger partial charge in [0.2, 0.25) is 15.9 Å². The molecule has 1 aliphatic rings. The van der Waals surface area contributed by atoms with Crippen LogP contribution in [0, 0.1) is 5.92 Å². The lowest BCUT2D eigenvalue weighted by Crippen LogP contribution is -2.45. The van der Waals surface area contributed by atoms with Crippen molar-refractivity contribution in [2.24, 2.45) is 5.92 Å². The molecule has 1 heterocycles. The molecule has 0 aromatic heterocycles. The molecule has 1 N–H and O–H groups in total. The van der Waals surface area contributed by atoms with Crippen molar-refractivity contribution >= 4 is 27.7 Å². The molecule has 0 spiro atoms. The van der Waals surface area contributed by atoms with Crippen molar-refractivity contribution in [1.29, 1.82) is 0 Å². The topological polar surface area (TPSA) is 66.5 Å². The zero-order valence-electron chi connectivity index (χ0n) is 12.8. The summed E-state index contributed by atoms with van der Waals surface area (Å²) in [6.45, 7) is 7.91. The summed E-state index contributed by atoms with van der Waals surface area (Å²) in [6.07, 6.45) is 2.72. The van der Waals surface area contributed by atoms with Crippen LogP contribution in [0.25, 0.3) is 0 Å². The maximum atomic E-state index is 12.1. The Bertz CT molecular complexity index is 429. The quantitative estimate of drug-likeness (QED) is 0.775. The first-order valence-corrected chi connectivity index (χ1v) is 9.80.